The second kappa shape index (κ2) is 15.0. The van der Waals surface area contributed by atoms with Crippen LogP contribution in [0.5, 0.6) is 17.2 Å². The molecule has 2 aliphatic heterocycles. The average Bonchev–Trinajstić information content (AvgIpc) is 3.94. The van der Waals surface area contributed by atoms with Gasteiger partial charge in [0, 0.05) is 55.6 Å². The third kappa shape index (κ3) is 6.78. The first-order valence-electron chi connectivity index (χ1n) is 24.6. The lowest BCUT2D eigenvalue weighted by molar-refractivity contribution is -0.0732. The van der Waals surface area contributed by atoms with Crippen molar-refractivity contribution in [1.29, 1.82) is 0 Å². The molecule has 3 aromatic rings. The zero-order valence-corrected chi connectivity index (χ0v) is 39.1. The van der Waals surface area contributed by atoms with Crippen LogP contribution in [0.4, 0.5) is 0 Å². The number of hydrogen-bond donors (Lipinski definition) is 4. The quantitative estimate of drug-likeness (QED) is 0.153. The lowest BCUT2D eigenvalue weighted by Crippen LogP contribution is -2.65. The summed E-state index contributed by atoms with van der Waals surface area (Å²) in [5.74, 6) is 3.90. The third-order valence-corrected chi connectivity index (χ3v) is 19.7. The molecule has 62 heavy (non-hydrogen) atoms. The average molecular weight is 845 g/mol. The van der Waals surface area contributed by atoms with Gasteiger partial charge in [0.15, 0.2) is 0 Å². The minimum atomic E-state index is -0.848. The summed E-state index contributed by atoms with van der Waals surface area (Å²) in [6.45, 7) is 21.0. The molecule has 7 nitrogen and oxygen atoms in total. The number of benzene rings is 3. The number of piperidine rings is 2. The Morgan fingerprint density at radius 1 is 0.726 bits per heavy atom. The number of ether oxygens (including phenoxy) is 1. The van der Waals surface area contributed by atoms with Crippen LogP contribution in [-0.4, -0.2) is 87.8 Å². The van der Waals surface area contributed by atoms with E-state index in [1.54, 1.807) is 0 Å². The van der Waals surface area contributed by atoms with Crippen LogP contribution >= 0.6 is 0 Å². The molecule has 10 rings (SSSR count). The Morgan fingerprint density at radius 3 is 2.00 bits per heavy atom. The van der Waals surface area contributed by atoms with E-state index in [9.17, 15) is 20.4 Å². The molecule has 7 aliphatic rings. The van der Waals surface area contributed by atoms with Crippen LogP contribution in [0.3, 0.4) is 0 Å². The molecule has 2 saturated carbocycles. The summed E-state index contributed by atoms with van der Waals surface area (Å²) in [4.78, 5) is 5.52. The number of aliphatic hydroxyl groups is 1. The van der Waals surface area contributed by atoms with Crippen LogP contribution < -0.4 is 0 Å². The Bertz CT molecular complexity index is 2190. The first-order valence-corrected chi connectivity index (χ1v) is 24.6. The van der Waals surface area contributed by atoms with Crippen molar-refractivity contribution in [3.8, 4) is 17.2 Å². The van der Waals surface area contributed by atoms with Gasteiger partial charge in [-0.15, -0.1) is 0 Å². The molecular formula is C55H76N2O5. The number of aromatic hydroxyl groups is 3. The fourth-order valence-electron chi connectivity index (χ4n) is 16.2. The molecule has 4 fully saturated rings. The molecule has 3 aromatic carbocycles. The monoisotopic (exact) mass is 845 g/mol. The number of β-amino-alcohol motifs (C(OH)–C–C–N with tert-alkyl or cyclic N) is 1. The van der Waals surface area contributed by atoms with Gasteiger partial charge in [0.05, 0.1) is 5.60 Å². The molecule has 7 heteroatoms. The first-order chi connectivity index (χ1) is 29.4. The highest BCUT2D eigenvalue weighted by Gasteiger charge is 2.62. The number of hydrogen-bond acceptors (Lipinski definition) is 7. The van der Waals surface area contributed by atoms with Gasteiger partial charge in [0.25, 0.3) is 0 Å². The molecule has 2 heterocycles. The van der Waals surface area contributed by atoms with E-state index in [4.69, 9.17) is 4.74 Å². The Labute approximate surface area is 372 Å². The van der Waals surface area contributed by atoms with Gasteiger partial charge in [0.2, 0.25) is 0 Å². The summed E-state index contributed by atoms with van der Waals surface area (Å²) in [6, 6.07) is 19.5. The van der Waals surface area contributed by atoms with Crippen LogP contribution in [-0.2, 0) is 33.8 Å². The lowest BCUT2D eigenvalue weighted by atomic mass is 9.44. The van der Waals surface area contributed by atoms with Gasteiger partial charge in [-0.25, -0.2) is 0 Å². The molecule has 0 amide bonds. The van der Waals surface area contributed by atoms with E-state index in [0.717, 1.165) is 71.1 Å². The molecule has 0 aromatic heterocycles. The van der Waals surface area contributed by atoms with Gasteiger partial charge in [-0.3, -0.25) is 9.80 Å². The number of methoxy groups -OCH3 is 1. The molecule has 0 spiro atoms. The lowest BCUT2D eigenvalue weighted by Gasteiger charge is -2.64. The fraction of sp³-hybridized carbons (Fsp3) is 0.673. The zero-order valence-electron chi connectivity index (χ0n) is 39.1. The second-order valence-corrected chi connectivity index (χ2v) is 23.7. The summed E-state index contributed by atoms with van der Waals surface area (Å²) < 4.78 is 5.88. The number of nitrogens with zero attached hydrogens (tertiary/aromatic N) is 2. The smallest absolute Gasteiger partial charge is 0.115 e. The zero-order chi connectivity index (χ0) is 43.7. The maximum absolute atomic E-state index is 11.6. The number of phenolic OH excluding ortho intramolecular Hbond substituents is 3. The molecule has 2 saturated heterocycles. The van der Waals surface area contributed by atoms with E-state index in [1.807, 2.05) is 39.2 Å². The van der Waals surface area contributed by atoms with Crippen molar-refractivity contribution in [2.45, 2.75) is 153 Å². The highest BCUT2D eigenvalue weighted by Crippen LogP contribution is 2.65. The third-order valence-electron chi connectivity index (χ3n) is 19.7. The number of fused-ring (bicyclic) bond motifs is 12. The van der Waals surface area contributed by atoms with Gasteiger partial charge < -0.3 is 25.2 Å². The van der Waals surface area contributed by atoms with Crippen molar-refractivity contribution in [2.75, 3.05) is 39.9 Å². The minimum absolute atomic E-state index is 0.0530. The summed E-state index contributed by atoms with van der Waals surface area (Å²) in [7, 11) is 1.85. The summed E-state index contributed by atoms with van der Waals surface area (Å²) in [5.41, 5.74) is 7.51. The Hall–Kier alpha value is -3.10. The van der Waals surface area contributed by atoms with Gasteiger partial charge in [-0.05, 0) is 207 Å². The maximum atomic E-state index is 11.6. The van der Waals surface area contributed by atoms with Gasteiger partial charge in [0.1, 0.15) is 17.2 Å². The first kappa shape index (κ1) is 42.8. The van der Waals surface area contributed by atoms with E-state index >= 15 is 0 Å². The summed E-state index contributed by atoms with van der Waals surface area (Å²) >= 11 is 0. The topological polar surface area (TPSA) is 96.6 Å². The van der Waals surface area contributed by atoms with E-state index in [0.29, 0.717) is 64.8 Å². The largest absolute Gasteiger partial charge is 0.508 e. The molecular weight excluding hydrogens is 769 g/mol. The highest BCUT2D eigenvalue weighted by molar-refractivity contribution is 5.51. The van der Waals surface area contributed by atoms with Crippen molar-refractivity contribution < 1.29 is 25.2 Å². The van der Waals surface area contributed by atoms with E-state index < -0.39 is 5.60 Å². The maximum Gasteiger partial charge on any atom is 0.115 e. The van der Waals surface area contributed by atoms with Crippen LogP contribution in [0.2, 0.25) is 0 Å². The van der Waals surface area contributed by atoms with Crippen molar-refractivity contribution in [1.82, 2.24) is 9.80 Å². The SMILES string of the molecule is COCCC1C(CC23CCN(CC(C)(C)O)C(C(CC45CCN(CC6(C)CC6)C(Cc6ccc(O)cc64)C5C)c4ccc(O)cc42)C3C)CC2(C)c3cc(O)ccc3CC1C2C. The molecule has 0 radical (unpaired) electrons. The fourth-order valence-corrected chi connectivity index (χ4v) is 16.2. The van der Waals surface area contributed by atoms with Crippen LogP contribution in [0, 0.1) is 40.9 Å². The molecule has 5 aliphatic carbocycles. The summed E-state index contributed by atoms with van der Waals surface area (Å²) in [6.07, 6.45) is 10.9. The summed E-state index contributed by atoms with van der Waals surface area (Å²) in [5, 5.41) is 45.2. The number of phenols is 3. The normalized spacial score (nSPS) is 38.2. The minimum Gasteiger partial charge on any atom is -0.508 e. The van der Waals surface area contributed by atoms with E-state index in [-0.39, 0.29) is 34.1 Å². The van der Waals surface area contributed by atoms with Crippen molar-refractivity contribution in [3.05, 3.63) is 88.0 Å². The Kier molecular flexibility index (Phi) is 10.3. The predicted molar refractivity (Wildman–Crippen MR) is 247 cm³/mol. The van der Waals surface area contributed by atoms with Crippen molar-refractivity contribution >= 4 is 0 Å². The molecule has 4 N–H and O–H groups in total. The Morgan fingerprint density at radius 2 is 1.34 bits per heavy atom. The highest BCUT2D eigenvalue weighted by atomic mass is 16.5. The van der Waals surface area contributed by atoms with Crippen molar-refractivity contribution in [3.63, 3.8) is 0 Å². The molecule has 336 valence electrons. The number of likely N-dealkylation sites (tertiary alicyclic amines) is 2. The molecule has 12 unspecified atom stereocenters. The predicted octanol–water partition coefficient (Wildman–Crippen LogP) is 9.84. The van der Waals surface area contributed by atoms with Crippen LogP contribution in [0.15, 0.2) is 54.6 Å². The van der Waals surface area contributed by atoms with Gasteiger partial charge in [-0.1, -0.05) is 52.8 Å². The van der Waals surface area contributed by atoms with Gasteiger partial charge >= 0.3 is 0 Å². The van der Waals surface area contributed by atoms with Crippen LogP contribution in [0.25, 0.3) is 0 Å². The number of rotatable bonds is 11. The molecule has 12 atom stereocenters. The van der Waals surface area contributed by atoms with E-state index in [2.05, 4.69) is 80.8 Å². The van der Waals surface area contributed by atoms with Crippen LogP contribution in [0.1, 0.15) is 139 Å². The van der Waals surface area contributed by atoms with Gasteiger partial charge in [-0.2, -0.15) is 0 Å². The molecule has 6 bridgehead atoms. The standard InChI is InChI=1S/C55H76N2O5/c1-33-44-23-36-9-11-39(58)25-46(36)53(33,7)28-38(42(44)15-22-62-8)29-54-19-21-57(31-51(4,5)61)50(35(54)3)45(43-14-13-41(60)27-48(43)54)30-55-18-20-56(32-52(6)16-17-52)49(34(55)2)24-37-10-12-40(59)26-47(37)55/h9-14,25-27,33-35,38,42,44-45,49-50,58-61H,15-24,28-32H2,1-8H3. The van der Waals surface area contributed by atoms with E-state index in [1.165, 1.54) is 52.8 Å². The second-order valence-electron chi connectivity index (χ2n) is 23.7. The van der Waals surface area contributed by atoms with Crippen molar-refractivity contribution in [2.24, 2.45) is 40.9 Å². The Balaban J connectivity index is 1.09.